The second-order valence-corrected chi connectivity index (χ2v) is 6.48. The monoisotopic (exact) mass is 276 g/mol. The molecule has 2 rings (SSSR count). The Hall–Kier alpha value is -2.32. The quantitative estimate of drug-likeness (QED) is 0.723. The van der Waals surface area contributed by atoms with Crippen molar-refractivity contribution in [3.8, 4) is 12.1 Å². The van der Waals surface area contributed by atoms with Crippen molar-refractivity contribution in [2.24, 2.45) is 11.3 Å². The Morgan fingerprint density at radius 3 is 2.48 bits per heavy atom. The van der Waals surface area contributed by atoms with Crippen LogP contribution in [0.15, 0.2) is 47.6 Å². The lowest BCUT2D eigenvalue weighted by Gasteiger charge is -2.35. The molecule has 0 spiro atoms. The van der Waals surface area contributed by atoms with Crippen molar-refractivity contribution in [2.45, 2.75) is 33.1 Å². The van der Waals surface area contributed by atoms with E-state index in [-0.39, 0.29) is 5.41 Å². The highest BCUT2D eigenvalue weighted by Crippen LogP contribution is 2.43. The minimum absolute atomic E-state index is 0.137. The number of hydrogen-bond donors (Lipinski definition) is 0. The fourth-order valence-corrected chi connectivity index (χ4v) is 3.14. The largest absolute Gasteiger partial charge is 0.192 e. The van der Waals surface area contributed by atoms with Crippen LogP contribution in [0, 0.1) is 34.0 Å². The Bertz CT molecular complexity index is 620. The van der Waals surface area contributed by atoms with Gasteiger partial charge in [0, 0.05) is 0 Å². The second-order valence-electron chi connectivity index (χ2n) is 6.48. The molecular weight excluding hydrogens is 256 g/mol. The van der Waals surface area contributed by atoms with Gasteiger partial charge in [-0.1, -0.05) is 56.3 Å². The first kappa shape index (κ1) is 15.1. The molecule has 0 amide bonds. The van der Waals surface area contributed by atoms with Crippen LogP contribution in [0.4, 0.5) is 0 Å². The zero-order valence-corrected chi connectivity index (χ0v) is 12.6. The van der Waals surface area contributed by atoms with E-state index in [0.717, 1.165) is 24.8 Å². The molecule has 0 aliphatic heterocycles. The normalized spacial score (nSPS) is 20.8. The fraction of sp³-hybridized carbons (Fsp3) is 0.368. The van der Waals surface area contributed by atoms with Crippen LogP contribution in [0.5, 0.6) is 0 Å². The summed E-state index contributed by atoms with van der Waals surface area (Å²) >= 11 is 0. The number of nitriles is 2. The van der Waals surface area contributed by atoms with E-state index in [4.69, 9.17) is 10.5 Å². The van der Waals surface area contributed by atoms with Gasteiger partial charge in [-0.3, -0.25) is 0 Å². The predicted molar refractivity (Wildman–Crippen MR) is 84.9 cm³/mol. The van der Waals surface area contributed by atoms with Gasteiger partial charge in [0.15, 0.2) is 0 Å². The summed E-state index contributed by atoms with van der Waals surface area (Å²) in [5.74, 6) is 0.389. The molecule has 2 nitrogen and oxygen atoms in total. The van der Waals surface area contributed by atoms with Gasteiger partial charge >= 0.3 is 0 Å². The van der Waals surface area contributed by atoms with Crippen molar-refractivity contribution < 1.29 is 0 Å². The second kappa shape index (κ2) is 6.42. The van der Waals surface area contributed by atoms with Crippen LogP contribution in [0.1, 0.15) is 38.7 Å². The van der Waals surface area contributed by atoms with E-state index in [9.17, 15) is 0 Å². The van der Waals surface area contributed by atoms with Gasteiger partial charge in [-0.15, -0.1) is 0 Å². The Morgan fingerprint density at radius 2 is 1.86 bits per heavy atom. The van der Waals surface area contributed by atoms with Crippen molar-refractivity contribution in [1.82, 2.24) is 0 Å². The smallest absolute Gasteiger partial charge is 0.128 e. The van der Waals surface area contributed by atoms with Crippen molar-refractivity contribution in [2.75, 3.05) is 0 Å². The first-order valence-corrected chi connectivity index (χ1v) is 7.29. The highest BCUT2D eigenvalue weighted by molar-refractivity contribution is 5.49. The summed E-state index contributed by atoms with van der Waals surface area (Å²) in [6, 6.07) is 14.3. The third-order valence-electron chi connectivity index (χ3n) is 3.95. The van der Waals surface area contributed by atoms with E-state index in [1.165, 1.54) is 5.56 Å². The van der Waals surface area contributed by atoms with E-state index < -0.39 is 0 Å². The van der Waals surface area contributed by atoms with Gasteiger partial charge in [-0.05, 0) is 41.7 Å². The van der Waals surface area contributed by atoms with E-state index >= 15 is 0 Å². The van der Waals surface area contributed by atoms with Crippen LogP contribution in [0.3, 0.4) is 0 Å². The van der Waals surface area contributed by atoms with Gasteiger partial charge < -0.3 is 0 Å². The summed E-state index contributed by atoms with van der Waals surface area (Å²) < 4.78 is 0. The van der Waals surface area contributed by atoms with Crippen molar-refractivity contribution >= 4 is 6.08 Å². The molecule has 1 aliphatic rings. The lowest BCUT2D eigenvalue weighted by atomic mass is 9.69. The summed E-state index contributed by atoms with van der Waals surface area (Å²) in [4.78, 5) is 0. The van der Waals surface area contributed by atoms with Crippen LogP contribution in [-0.2, 0) is 0 Å². The maximum Gasteiger partial charge on any atom is 0.128 e. The third kappa shape index (κ3) is 4.07. The zero-order valence-electron chi connectivity index (χ0n) is 12.6. The summed E-state index contributed by atoms with van der Waals surface area (Å²) in [5.41, 5.74) is 2.64. The maximum atomic E-state index is 9.09. The Balaban J connectivity index is 2.21. The van der Waals surface area contributed by atoms with E-state index in [1.54, 1.807) is 0 Å². The van der Waals surface area contributed by atoms with Crippen LogP contribution in [-0.4, -0.2) is 0 Å². The maximum absolute atomic E-state index is 9.09. The minimum atomic E-state index is 0.137. The van der Waals surface area contributed by atoms with Crippen molar-refractivity contribution in [3.05, 3.63) is 53.1 Å². The molecule has 1 saturated carbocycles. The molecule has 1 unspecified atom stereocenters. The molecule has 1 atom stereocenters. The van der Waals surface area contributed by atoms with Crippen LogP contribution in [0.25, 0.3) is 6.08 Å². The summed E-state index contributed by atoms with van der Waals surface area (Å²) in [6.07, 6.45) is 7.12. The van der Waals surface area contributed by atoms with Gasteiger partial charge in [0.1, 0.15) is 17.7 Å². The number of rotatable bonds is 2. The average Bonchev–Trinajstić information content (AvgIpc) is 2.46. The van der Waals surface area contributed by atoms with E-state index in [2.05, 4.69) is 38.1 Å². The van der Waals surface area contributed by atoms with Crippen molar-refractivity contribution in [1.29, 1.82) is 10.5 Å². The van der Waals surface area contributed by atoms with E-state index in [0.29, 0.717) is 11.5 Å². The molecule has 1 aromatic rings. The molecule has 2 heteroatoms. The fourth-order valence-electron chi connectivity index (χ4n) is 3.14. The Labute approximate surface area is 127 Å². The topological polar surface area (TPSA) is 47.6 Å². The summed E-state index contributed by atoms with van der Waals surface area (Å²) in [5, 5.41) is 18.2. The van der Waals surface area contributed by atoms with Gasteiger partial charge in [0.2, 0.25) is 0 Å². The third-order valence-corrected chi connectivity index (χ3v) is 3.95. The minimum Gasteiger partial charge on any atom is -0.192 e. The lowest BCUT2D eigenvalue weighted by Crippen LogP contribution is -2.24. The van der Waals surface area contributed by atoms with Gasteiger partial charge in [0.25, 0.3) is 0 Å². The van der Waals surface area contributed by atoms with Gasteiger partial charge in [-0.2, -0.15) is 10.5 Å². The van der Waals surface area contributed by atoms with Crippen LogP contribution < -0.4 is 0 Å². The molecule has 0 heterocycles. The number of allylic oxidation sites excluding steroid dienone is 3. The molecular formula is C19H20N2. The van der Waals surface area contributed by atoms with Crippen LogP contribution in [0.2, 0.25) is 0 Å². The Morgan fingerprint density at radius 1 is 1.19 bits per heavy atom. The first-order chi connectivity index (χ1) is 10.0. The highest BCUT2D eigenvalue weighted by atomic mass is 14.4. The molecule has 0 aromatic heterocycles. The molecule has 0 N–H and O–H groups in total. The van der Waals surface area contributed by atoms with Crippen LogP contribution >= 0.6 is 0 Å². The van der Waals surface area contributed by atoms with Gasteiger partial charge in [0.05, 0.1) is 0 Å². The number of benzene rings is 1. The predicted octanol–water partition coefficient (Wildman–Crippen LogP) is 4.87. The average molecular weight is 276 g/mol. The molecule has 0 bridgehead atoms. The highest BCUT2D eigenvalue weighted by Gasteiger charge is 2.31. The summed E-state index contributed by atoms with van der Waals surface area (Å²) in [6.45, 7) is 4.42. The molecule has 1 fully saturated rings. The van der Waals surface area contributed by atoms with Gasteiger partial charge in [-0.25, -0.2) is 0 Å². The standard InChI is InChI=1S/C19H20N2/c1-19(2)11-16(9-8-15-6-4-3-5-7-15)10-17(12-19)18(13-20)14-21/h3-9,16H,10-12H2,1-2H3. The molecule has 1 aliphatic carbocycles. The first-order valence-electron chi connectivity index (χ1n) is 7.29. The molecule has 0 radical (unpaired) electrons. The number of nitrogens with zero attached hydrogens (tertiary/aromatic N) is 2. The molecule has 0 saturated heterocycles. The van der Waals surface area contributed by atoms with E-state index in [1.807, 2.05) is 30.3 Å². The number of hydrogen-bond acceptors (Lipinski definition) is 2. The lowest BCUT2D eigenvalue weighted by molar-refractivity contribution is 0.250. The Kier molecular flexibility index (Phi) is 4.61. The zero-order chi connectivity index (χ0) is 15.3. The SMILES string of the molecule is CC1(C)CC(=C(C#N)C#N)CC(C=Cc2ccccc2)C1. The molecule has 21 heavy (non-hydrogen) atoms. The molecule has 1 aromatic carbocycles. The summed E-state index contributed by atoms with van der Waals surface area (Å²) in [7, 11) is 0. The van der Waals surface area contributed by atoms with Crippen molar-refractivity contribution in [3.63, 3.8) is 0 Å². The molecule has 106 valence electrons.